The summed E-state index contributed by atoms with van der Waals surface area (Å²) < 4.78 is 0. The number of benzene rings is 2. The fourth-order valence-electron chi connectivity index (χ4n) is 1.89. The summed E-state index contributed by atoms with van der Waals surface area (Å²) >= 11 is 0. The number of nitrogens with one attached hydrogen (secondary N) is 2. The summed E-state index contributed by atoms with van der Waals surface area (Å²) in [5.74, 6) is -0.600. The first kappa shape index (κ1) is 16.9. The number of rotatable bonds is 6. The van der Waals surface area contributed by atoms with Gasteiger partial charge < -0.3 is 5.32 Å². The molecule has 0 aliphatic rings. The molecule has 6 heteroatoms. The average Bonchev–Trinajstić information content (AvgIpc) is 2.61. The van der Waals surface area contributed by atoms with Gasteiger partial charge in [-0.3, -0.25) is 15.0 Å². The Morgan fingerprint density at radius 1 is 1.08 bits per heavy atom. The molecule has 0 saturated heterocycles. The van der Waals surface area contributed by atoms with Gasteiger partial charge in [-0.1, -0.05) is 30.3 Å². The molecule has 0 bridgehead atoms. The zero-order chi connectivity index (χ0) is 17.4. The predicted molar refractivity (Wildman–Crippen MR) is 91.4 cm³/mol. The van der Waals surface area contributed by atoms with Crippen LogP contribution in [0.3, 0.4) is 0 Å². The summed E-state index contributed by atoms with van der Waals surface area (Å²) in [5, 5.41) is 15.5. The predicted octanol–water partition coefficient (Wildman–Crippen LogP) is 2.50. The molecule has 2 aromatic carbocycles. The number of nitriles is 1. The molecule has 0 fully saturated rings. The lowest BCUT2D eigenvalue weighted by molar-refractivity contribution is -0.114. The summed E-state index contributed by atoms with van der Waals surface area (Å²) in [4.78, 5) is 23.2. The Labute approximate surface area is 139 Å². The van der Waals surface area contributed by atoms with Crippen LogP contribution < -0.4 is 10.7 Å². The van der Waals surface area contributed by atoms with Gasteiger partial charge in [0, 0.05) is 12.1 Å². The molecule has 0 radical (unpaired) electrons. The SMILES string of the molecule is CC(=O)c1ccc(N/N=C(\C#N)C(=O)NCc2ccccc2)cc1. The largest absolute Gasteiger partial charge is 0.346 e. The molecule has 1 amide bonds. The fraction of sp³-hybridized carbons (Fsp3) is 0.111. The van der Waals surface area contributed by atoms with E-state index in [-0.39, 0.29) is 11.5 Å². The van der Waals surface area contributed by atoms with E-state index >= 15 is 0 Å². The number of hydrogen-bond donors (Lipinski definition) is 2. The van der Waals surface area contributed by atoms with Crippen molar-refractivity contribution in [2.45, 2.75) is 13.5 Å². The van der Waals surface area contributed by atoms with E-state index in [4.69, 9.17) is 5.26 Å². The average molecular weight is 320 g/mol. The van der Waals surface area contributed by atoms with Crippen LogP contribution in [0, 0.1) is 11.3 Å². The Morgan fingerprint density at radius 3 is 2.33 bits per heavy atom. The molecule has 24 heavy (non-hydrogen) atoms. The van der Waals surface area contributed by atoms with Crippen LogP contribution in [0.1, 0.15) is 22.8 Å². The lowest BCUT2D eigenvalue weighted by Gasteiger charge is -2.05. The first-order chi connectivity index (χ1) is 11.6. The number of Topliss-reactive ketones (excluding diaryl/α,β-unsaturated/α-hetero) is 1. The van der Waals surface area contributed by atoms with Gasteiger partial charge in [0.1, 0.15) is 6.07 Å². The number of carbonyl (C=O) groups excluding carboxylic acids is 2. The van der Waals surface area contributed by atoms with Crippen LogP contribution in [-0.2, 0) is 11.3 Å². The topological polar surface area (TPSA) is 94.3 Å². The van der Waals surface area contributed by atoms with E-state index in [0.29, 0.717) is 17.8 Å². The third kappa shape index (κ3) is 4.78. The van der Waals surface area contributed by atoms with Gasteiger partial charge in [-0.05, 0) is 36.8 Å². The summed E-state index contributed by atoms with van der Waals surface area (Å²) in [7, 11) is 0. The van der Waals surface area contributed by atoms with Crippen LogP contribution in [0.25, 0.3) is 0 Å². The van der Waals surface area contributed by atoms with Crippen LogP contribution in [0.4, 0.5) is 5.69 Å². The van der Waals surface area contributed by atoms with E-state index in [1.807, 2.05) is 30.3 Å². The number of hydrazone groups is 1. The lowest BCUT2D eigenvalue weighted by atomic mass is 10.1. The van der Waals surface area contributed by atoms with Crippen molar-refractivity contribution in [3.8, 4) is 6.07 Å². The maximum atomic E-state index is 12.0. The van der Waals surface area contributed by atoms with E-state index in [1.165, 1.54) is 6.92 Å². The highest BCUT2D eigenvalue weighted by molar-refractivity contribution is 6.45. The monoisotopic (exact) mass is 320 g/mol. The quantitative estimate of drug-likeness (QED) is 0.486. The number of ketones is 1. The van der Waals surface area contributed by atoms with Gasteiger partial charge in [-0.2, -0.15) is 10.4 Å². The molecule has 0 aliphatic carbocycles. The fourth-order valence-corrected chi connectivity index (χ4v) is 1.89. The minimum absolute atomic E-state index is 0.0388. The molecule has 0 saturated carbocycles. The minimum Gasteiger partial charge on any atom is -0.346 e. The molecule has 0 atom stereocenters. The number of amides is 1. The smallest absolute Gasteiger partial charge is 0.282 e. The zero-order valence-electron chi connectivity index (χ0n) is 13.1. The Hall–Kier alpha value is -3.46. The highest BCUT2D eigenvalue weighted by atomic mass is 16.2. The molecule has 6 nitrogen and oxygen atoms in total. The second-order valence-electron chi connectivity index (χ2n) is 4.99. The van der Waals surface area contributed by atoms with Crippen molar-refractivity contribution in [2.24, 2.45) is 5.10 Å². The Balaban J connectivity index is 1.96. The second kappa shape index (κ2) is 8.25. The van der Waals surface area contributed by atoms with Crippen molar-refractivity contribution in [2.75, 3.05) is 5.43 Å². The Morgan fingerprint density at radius 2 is 1.75 bits per heavy atom. The van der Waals surface area contributed by atoms with Crippen molar-refractivity contribution in [1.29, 1.82) is 5.26 Å². The molecule has 0 aliphatic heterocycles. The third-order valence-electron chi connectivity index (χ3n) is 3.21. The van der Waals surface area contributed by atoms with Crippen LogP contribution >= 0.6 is 0 Å². The molecule has 0 aromatic heterocycles. The molecular formula is C18H16N4O2. The van der Waals surface area contributed by atoms with Crippen molar-refractivity contribution >= 4 is 23.1 Å². The minimum atomic E-state index is -0.561. The summed E-state index contributed by atoms with van der Waals surface area (Å²) in [6.07, 6.45) is 0. The van der Waals surface area contributed by atoms with Gasteiger partial charge in [0.25, 0.3) is 5.91 Å². The number of hydrogen-bond acceptors (Lipinski definition) is 5. The van der Waals surface area contributed by atoms with Gasteiger partial charge in [0.15, 0.2) is 5.78 Å². The number of carbonyl (C=O) groups is 2. The molecule has 2 rings (SSSR count). The van der Waals surface area contributed by atoms with E-state index in [0.717, 1.165) is 5.56 Å². The second-order valence-corrected chi connectivity index (χ2v) is 4.99. The molecule has 0 heterocycles. The van der Waals surface area contributed by atoms with Crippen LogP contribution in [0.5, 0.6) is 0 Å². The van der Waals surface area contributed by atoms with E-state index < -0.39 is 5.91 Å². The molecule has 120 valence electrons. The van der Waals surface area contributed by atoms with Gasteiger partial charge in [-0.25, -0.2) is 0 Å². The lowest BCUT2D eigenvalue weighted by Crippen LogP contribution is -2.30. The van der Waals surface area contributed by atoms with Gasteiger partial charge in [0.2, 0.25) is 5.71 Å². The van der Waals surface area contributed by atoms with Gasteiger partial charge in [0.05, 0.1) is 5.69 Å². The zero-order valence-corrected chi connectivity index (χ0v) is 13.1. The summed E-state index contributed by atoms with van der Waals surface area (Å²) in [6.45, 7) is 1.79. The van der Waals surface area contributed by atoms with Crippen LogP contribution in [0.2, 0.25) is 0 Å². The van der Waals surface area contributed by atoms with Crippen LogP contribution in [-0.4, -0.2) is 17.4 Å². The third-order valence-corrected chi connectivity index (χ3v) is 3.21. The molecular weight excluding hydrogens is 304 g/mol. The maximum Gasteiger partial charge on any atom is 0.282 e. The van der Waals surface area contributed by atoms with E-state index in [1.54, 1.807) is 30.3 Å². The Bertz CT molecular complexity index is 790. The number of nitrogens with zero attached hydrogens (tertiary/aromatic N) is 2. The highest BCUT2D eigenvalue weighted by Crippen LogP contribution is 2.10. The van der Waals surface area contributed by atoms with E-state index in [2.05, 4.69) is 15.8 Å². The van der Waals surface area contributed by atoms with Crippen LogP contribution in [0.15, 0.2) is 59.7 Å². The molecule has 0 spiro atoms. The van der Waals surface area contributed by atoms with E-state index in [9.17, 15) is 9.59 Å². The first-order valence-electron chi connectivity index (χ1n) is 7.27. The van der Waals surface area contributed by atoms with Gasteiger partial charge >= 0.3 is 0 Å². The van der Waals surface area contributed by atoms with Crippen molar-refractivity contribution < 1.29 is 9.59 Å². The summed E-state index contributed by atoms with van der Waals surface area (Å²) in [6, 6.07) is 17.7. The molecule has 2 aromatic rings. The summed E-state index contributed by atoms with van der Waals surface area (Å²) in [5.41, 5.74) is 4.43. The standard InChI is InChI=1S/C18H16N4O2/c1-13(23)15-7-9-16(10-8-15)21-22-17(11-19)18(24)20-12-14-5-3-2-4-6-14/h2-10,21H,12H2,1H3,(H,20,24)/b22-17+. The van der Waals surface area contributed by atoms with Crippen molar-refractivity contribution in [1.82, 2.24) is 5.32 Å². The molecule has 2 N–H and O–H groups in total. The highest BCUT2D eigenvalue weighted by Gasteiger charge is 2.10. The Kier molecular flexibility index (Phi) is 5.81. The molecule has 0 unspecified atom stereocenters. The van der Waals surface area contributed by atoms with Crippen molar-refractivity contribution in [3.63, 3.8) is 0 Å². The normalized spacial score (nSPS) is 10.6. The van der Waals surface area contributed by atoms with Crippen molar-refractivity contribution in [3.05, 3.63) is 65.7 Å². The van der Waals surface area contributed by atoms with Gasteiger partial charge in [-0.15, -0.1) is 0 Å². The number of anilines is 1. The first-order valence-corrected chi connectivity index (χ1v) is 7.27. The maximum absolute atomic E-state index is 12.0.